The molecule has 0 unspecified atom stereocenters. The third kappa shape index (κ3) is 3.27. The molecular weight excluding hydrogens is 304 g/mol. The number of ether oxygens (including phenoxy) is 1. The molecular formula is C18H24N4O2. The van der Waals surface area contributed by atoms with E-state index in [1.165, 1.54) is 0 Å². The molecule has 3 rings (SSSR count). The van der Waals surface area contributed by atoms with Crippen LogP contribution in [0.5, 0.6) is 0 Å². The third-order valence-corrected chi connectivity index (χ3v) is 4.01. The van der Waals surface area contributed by atoms with Gasteiger partial charge in [-0.25, -0.2) is 4.79 Å². The average Bonchev–Trinajstić information content (AvgIpc) is 3.04. The lowest BCUT2D eigenvalue weighted by Crippen LogP contribution is -2.38. The van der Waals surface area contributed by atoms with E-state index in [2.05, 4.69) is 23.9 Å². The fraction of sp³-hybridized carbons (Fsp3) is 0.500. The Morgan fingerprint density at radius 3 is 2.75 bits per heavy atom. The number of anilines is 1. The van der Waals surface area contributed by atoms with Gasteiger partial charge in [0.05, 0.1) is 17.9 Å². The molecule has 0 bridgehead atoms. The molecule has 0 aliphatic carbocycles. The minimum absolute atomic E-state index is 0.149. The van der Waals surface area contributed by atoms with Gasteiger partial charge >= 0.3 is 6.09 Å². The SMILES string of the molecule is CC(C)(C)OC(=O)N1CC(C)(C)c2cnc(Cn3cccn3)cc21. The van der Waals surface area contributed by atoms with Crippen LogP contribution in [0.4, 0.5) is 10.5 Å². The molecule has 0 fully saturated rings. The van der Waals surface area contributed by atoms with Crippen molar-refractivity contribution in [3.8, 4) is 0 Å². The topological polar surface area (TPSA) is 60.2 Å². The summed E-state index contributed by atoms with van der Waals surface area (Å²) in [7, 11) is 0. The number of amides is 1. The first-order valence-electron chi connectivity index (χ1n) is 8.13. The maximum atomic E-state index is 12.6. The van der Waals surface area contributed by atoms with E-state index in [0.29, 0.717) is 13.1 Å². The zero-order chi connectivity index (χ0) is 17.5. The van der Waals surface area contributed by atoms with Crippen molar-refractivity contribution in [2.75, 3.05) is 11.4 Å². The predicted molar refractivity (Wildman–Crippen MR) is 92.2 cm³/mol. The van der Waals surface area contributed by atoms with E-state index in [9.17, 15) is 4.79 Å². The van der Waals surface area contributed by atoms with Gasteiger partial charge in [-0.3, -0.25) is 14.6 Å². The van der Waals surface area contributed by atoms with Crippen LogP contribution in [0.3, 0.4) is 0 Å². The first-order valence-corrected chi connectivity index (χ1v) is 8.13. The van der Waals surface area contributed by atoms with Crippen LogP contribution in [-0.4, -0.2) is 33.0 Å². The van der Waals surface area contributed by atoms with Crippen LogP contribution in [0.2, 0.25) is 0 Å². The van der Waals surface area contributed by atoms with Gasteiger partial charge in [0.2, 0.25) is 0 Å². The fourth-order valence-electron chi connectivity index (χ4n) is 2.92. The molecule has 1 amide bonds. The number of aromatic nitrogens is 3. The highest BCUT2D eigenvalue weighted by atomic mass is 16.6. The van der Waals surface area contributed by atoms with Gasteiger partial charge in [0.25, 0.3) is 0 Å². The van der Waals surface area contributed by atoms with E-state index in [-0.39, 0.29) is 11.5 Å². The number of rotatable bonds is 2. The molecule has 24 heavy (non-hydrogen) atoms. The second-order valence-electron chi connectivity index (χ2n) is 7.85. The van der Waals surface area contributed by atoms with E-state index in [4.69, 9.17) is 4.74 Å². The molecule has 0 saturated heterocycles. The minimum atomic E-state index is -0.519. The summed E-state index contributed by atoms with van der Waals surface area (Å²) in [4.78, 5) is 18.9. The zero-order valence-corrected chi connectivity index (χ0v) is 14.9. The molecule has 2 aromatic rings. The maximum absolute atomic E-state index is 12.6. The van der Waals surface area contributed by atoms with Gasteiger partial charge < -0.3 is 4.74 Å². The monoisotopic (exact) mass is 328 g/mol. The number of fused-ring (bicyclic) bond motifs is 1. The van der Waals surface area contributed by atoms with Crippen LogP contribution in [0.15, 0.2) is 30.7 Å². The summed E-state index contributed by atoms with van der Waals surface area (Å²) in [6.07, 6.45) is 5.19. The van der Waals surface area contributed by atoms with Gasteiger partial charge in [-0.05, 0) is 32.9 Å². The molecule has 0 spiro atoms. The Morgan fingerprint density at radius 1 is 1.38 bits per heavy atom. The Kier molecular flexibility index (Phi) is 3.86. The molecule has 0 N–H and O–H groups in total. The van der Waals surface area contributed by atoms with Crippen molar-refractivity contribution in [3.63, 3.8) is 0 Å². The molecule has 1 aliphatic rings. The van der Waals surface area contributed by atoms with Gasteiger partial charge in [-0.2, -0.15) is 5.10 Å². The molecule has 128 valence electrons. The number of nitrogens with zero attached hydrogens (tertiary/aromatic N) is 4. The number of pyridine rings is 1. The number of carbonyl (C=O) groups excluding carboxylic acids is 1. The van der Waals surface area contributed by atoms with Gasteiger partial charge in [0.15, 0.2) is 0 Å². The molecule has 0 atom stereocenters. The van der Waals surface area contributed by atoms with Gasteiger partial charge in [-0.15, -0.1) is 0 Å². The van der Waals surface area contributed by atoms with E-state index in [1.807, 2.05) is 50.0 Å². The Morgan fingerprint density at radius 2 is 2.12 bits per heavy atom. The van der Waals surface area contributed by atoms with Crippen molar-refractivity contribution in [3.05, 3.63) is 42.0 Å². The Balaban J connectivity index is 1.92. The highest BCUT2D eigenvalue weighted by Gasteiger charge is 2.40. The first-order chi connectivity index (χ1) is 11.2. The Hall–Kier alpha value is -2.37. The summed E-state index contributed by atoms with van der Waals surface area (Å²) in [6.45, 7) is 11.0. The average molecular weight is 328 g/mol. The first kappa shape index (κ1) is 16.5. The van der Waals surface area contributed by atoms with E-state index in [1.54, 1.807) is 11.1 Å². The highest BCUT2D eigenvalue weighted by molar-refractivity contribution is 5.91. The Labute approximate surface area is 142 Å². The molecule has 6 nitrogen and oxygen atoms in total. The van der Waals surface area contributed by atoms with Crippen LogP contribution in [0, 0.1) is 0 Å². The lowest BCUT2D eigenvalue weighted by Gasteiger charge is -2.26. The van der Waals surface area contributed by atoms with Gasteiger partial charge in [0.1, 0.15) is 5.60 Å². The molecule has 6 heteroatoms. The van der Waals surface area contributed by atoms with Crippen molar-refractivity contribution < 1.29 is 9.53 Å². The van der Waals surface area contributed by atoms with Gasteiger partial charge in [-0.1, -0.05) is 13.8 Å². The summed E-state index contributed by atoms with van der Waals surface area (Å²) < 4.78 is 7.38. The summed E-state index contributed by atoms with van der Waals surface area (Å²) in [5.74, 6) is 0. The standard InChI is InChI=1S/C18H24N4O2/c1-17(2,3)24-16(23)22-12-18(4,5)14-10-19-13(9-15(14)22)11-21-8-6-7-20-21/h6-10H,11-12H2,1-5H3. The third-order valence-electron chi connectivity index (χ3n) is 4.01. The van der Waals surface area contributed by atoms with Crippen LogP contribution >= 0.6 is 0 Å². The minimum Gasteiger partial charge on any atom is -0.443 e. The van der Waals surface area contributed by atoms with E-state index in [0.717, 1.165) is 16.9 Å². The van der Waals surface area contributed by atoms with E-state index < -0.39 is 5.60 Å². The summed E-state index contributed by atoms with van der Waals surface area (Å²) in [6, 6.07) is 3.85. The summed E-state index contributed by atoms with van der Waals surface area (Å²) in [5, 5.41) is 4.21. The zero-order valence-electron chi connectivity index (χ0n) is 14.9. The molecule has 0 radical (unpaired) electrons. The number of carbonyl (C=O) groups is 1. The molecule has 2 aromatic heterocycles. The summed E-state index contributed by atoms with van der Waals surface area (Å²) in [5.41, 5.74) is 2.14. The Bertz CT molecular complexity index is 745. The largest absolute Gasteiger partial charge is 0.443 e. The van der Waals surface area contributed by atoms with Crippen LogP contribution in [-0.2, 0) is 16.7 Å². The van der Waals surface area contributed by atoms with Crippen molar-refractivity contribution >= 4 is 11.8 Å². The van der Waals surface area contributed by atoms with Gasteiger partial charge in [0, 0.05) is 36.1 Å². The van der Waals surface area contributed by atoms with Crippen molar-refractivity contribution in [1.29, 1.82) is 0 Å². The number of hydrogen-bond acceptors (Lipinski definition) is 4. The number of hydrogen-bond donors (Lipinski definition) is 0. The van der Waals surface area contributed by atoms with Crippen LogP contribution < -0.4 is 4.90 Å². The highest BCUT2D eigenvalue weighted by Crippen LogP contribution is 2.41. The molecule has 1 aliphatic heterocycles. The van der Waals surface area contributed by atoms with Crippen molar-refractivity contribution in [1.82, 2.24) is 14.8 Å². The fourth-order valence-corrected chi connectivity index (χ4v) is 2.92. The molecule has 3 heterocycles. The lowest BCUT2D eigenvalue weighted by atomic mass is 9.88. The van der Waals surface area contributed by atoms with E-state index >= 15 is 0 Å². The second kappa shape index (κ2) is 5.61. The van der Waals surface area contributed by atoms with Crippen LogP contribution in [0.1, 0.15) is 45.9 Å². The van der Waals surface area contributed by atoms with Crippen molar-refractivity contribution in [2.24, 2.45) is 0 Å². The predicted octanol–water partition coefficient (Wildman–Crippen LogP) is 3.36. The van der Waals surface area contributed by atoms with Crippen molar-refractivity contribution in [2.45, 2.75) is 52.2 Å². The molecule has 0 aromatic carbocycles. The summed E-state index contributed by atoms with van der Waals surface area (Å²) >= 11 is 0. The second-order valence-corrected chi connectivity index (χ2v) is 7.85. The van der Waals surface area contributed by atoms with Crippen LogP contribution in [0.25, 0.3) is 0 Å². The quantitative estimate of drug-likeness (QED) is 0.848. The smallest absolute Gasteiger partial charge is 0.414 e. The normalized spacial score (nSPS) is 16.1. The lowest BCUT2D eigenvalue weighted by molar-refractivity contribution is 0.0579. The molecule has 0 saturated carbocycles. The maximum Gasteiger partial charge on any atom is 0.414 e.